The molecule has 0 aliphatic rings. The van der Waals surface area contributed by atoms with Crippen LogP contribution < -0.4 is 5.73 Å². The van der Waals surface area contributed by atoms with Crippen LogP contribution in [0.25, 0.3) is 0 Å². The van der Waals surface area contributed by atoms with E-state index >= 15 is 0 Å². The van der Waals surface area contributed by atoms with Crippen molar-refractivity contribution in [1.29, 1.82) is 0 Å². The van der Waals surface area contributed by atoms with Crippen molar-refractivity contribution in [1.82, 2.24) is 4.98 Å². The summed E-state index contributed by atoms with van der Waals surface area (Å²) in [7, 11) is 0. The Kier molecular flexibility index (Phi) is 4.31. The summed E-state index contributed by atoms with van der Waals surface area (Å²) in [4.78, 5) is 20.3. The lowest BCUT2D eigenvalue weighted by atomic mass is 10.2. The fourth-order valence-corrected chi connectivity index (χ4v) is 2.20. The molecule has 2 N–H and O–H groups in total. The largest absolute Gasteiger partial charge is 0.379 e. The number of benzene rings is 1. The summed E-state index contributed by atoms with van der Waals surface area (Å²) < 4.78 is 13.5. The first-order valence-corrected chi connectivity index (χ1v) is 6.66. The van der Waals surface area contributed by atoms with Crippen LogP contribution in [0.15, 0.2) is 28.7 Å². The highest BCUT2D eigenvalue weighted by Gasteiger charge is 2.18. The monoisotopic (exact) mass is 313 g/mol. The summed E-state index contributed by atoms with van der Waals surface area (Å²) in [5, 5.41) is 5.83. The van der Waals surface area contributed by atoms with E-state index in [1.807, 2.05) is 0 Å². The SMILES string of the molecule is Cc1nc(C(N)=NOC(=O)c2c(F)cccc2Cl)cs1. The zero-order valence-corrected chi connectivity index (χ0v) is 11.8. The molecule has 2 aromatic rings. The fourth-order valence-electron chi connectivity index (χ4n) is 1.36. The van der Waals surface area contributed by atoms with Gasteiger partial charge in [0, 0.05) is 5.38 Å². The standard InChI is InChI=1S/C12H9ClFN3O2S/c1-6-16-9(5-20-6)11(15)17-19-12(18)10-7(13)3-2-4-8(10)14/h2-5H,1H3,(H2,15,17). The maximum atomic E-state index is 13.5. The van der Waals surface area contributed by atoms with Crippen LogP contribution in [0.1, 0.15) is 21.1 Å². The number of hydrogen-bond acceptors (Lipinski definition) is 5. The van der Waals surface area contributed by atoms with E-state index in [-0.39, 0.29) is 16.4 Å². The molecule has 0 aliphatic carbocycles. The van der Waals surface area contributed by atoms with E-state index in [4.69, 9.17) is 17.3 Å². The minimum atomic E-state index is -1.02. The number of amidine groups is 1. The van der Waals surface area contributed by atoms with Gasteiger partial charge in [0.25, 0.3) is 0 Å². The summed E-state index contributed by atoms with van der Waals surface area (Å²) in [5.74, 6) is -1.89. The summed E-state index contributed by atoms with van der Waals surface area (Å²) in [5.41, 5.74) is 5.60. The number of oxime groups is 1. The van der Waals surface area contributed by atoms with Crippen LogP contribution in [0.3, 0.4) is 0 Å². The van der Waals surface area contributed by atoms with Crippen molar-refractivity contribution >= 4 is 34.7 Å². The van der Waals surface area contributed by atoms with Gasteiger partial charge in [0.15, 0.2) is 5.84 Å². The second-order valence-corrected chi connectivity index (χ2v) is 5.17. The lowest BCUT2D eigenvalue weighted by molar-refractivity contribution is 0.0511. The van der Waals surface area contributed by atoms with Crippen LogP contribution in [-0.2, 0) is 4.84 Å². The molecule has 0 fully saturated rings. The molecule has 8 heteroatoms. The number of carbonyl (C=O) groups excluding carboxylic acids is 1. The third kappa shape index (κ3) is 3.12. The highest BCUT2D eigenvalue weighted by Crippen LogP contribution is 2.20. The lowest BCUT2D eigenvalue weighted by Crippen LogP contribution is -2.16. The minimum Gasteiger partial charge on any atom is -0.379 e. The Morgan fingerprint density at radius 3 is 2.90 bits per heavy atom. The van der Waals surface area contributed by atoms with E-state index in [2.05, 4.69) is 15.0 Å². The van der Waals surface area contributed by atoms with Crippen molar-refractivity contribution in [3.8, 4) is 0 Å². The van der Waals surface area contributed by atoms with Gasteiger partial charge in [-0.15, -0.1) is 11.3 Å². The molecular formula is C12H9ClFN3O2S. The highest BCUT2D eigenvalue weighted by atomic mass is 35.5. The van der Waals surface area contributed by atoms with Gasteiger partial charge in [0.2, 0.25) is 0 Å². The van der Waals surface area contributed by atoms with E-state index in [0.717, 1.165) is 11.1 Å². The Morgan fingerprint density at radius 2 is 2.30 bits per heavy atom. The van der Waals surface area contributed by atoms with Crippen molar-refractivity contribution < 1.29 is 14.0 Å². The summed E-state index contributed by atoms with van der Waals surface area (Å²) in [6.45, 7) is 1.80. The van der Waals surface area contributed by atoms with Crippen LogP contribution in [0.5, 0.6) is 0 Å². The van der Waals surface area contributed by atoms with Gasteiger partial charge in [-0.05, 0) is 19.1 Å². The molecule has 5 nitrogen and oxygen atoms in total. The predicted octanol–water partition coefficient (Wildman–Crippen LogP) is 2.72. The normalized spacial score (nSPS) is 11.4. The molecule has 0 amide bonds. The number of aromatic nitrogens is 1. The molecule has 0 spiro atoms. The van der Waals surface area contributed by atoms with Gasteiger partial charge in [0.1, 0.15) is 17.1 Å². The van der Waals surface area contributed by atoms with E-state index in [1.54, 1.807) is 12.3 Å². The number of nitrogens with zero attached hydrogens (tertiary/aromatic N) is 2. The molecule has 0 bridgehead atoms. The van der Waals surface area contributed by atoms with E-state index in [1.165, 1.54) is 23.5 Å². The average molecular weight is 314 g/mol. The smallest absolute Gasteiger partial charge is 0.370 e. The number of aryl methyl sites for hydroxylation is 1. The number of carbonyl (C=O) groups is 1. The zero-order valence-electron chi connectivity index (χ0n) is 10.3. The molecule has 0 unspecified atom stereocenters. The topological polar surface area (TPSA) is 77.6 Å². The van der Waals surface area contributed by atoms with Crippen molar-refractivity contribution in [2.24, 2.45) is 10.9 Å². The van der Waals surface area contributed by atoms with Crippen LogP contribution in [0.2, 0.25) is 5.02 Å². The van der Waals surface area contributed by atoms with E-state index in [0.29, 0.717) is 5.69 Å². The molecule has 1 aromatic carbocycles. The number of nitrogens with two attached hydrogens (primary N) is 1. The van der Waals surface area contributed by atoms with Gasteiger partial charge in [-0.25, -0.2) is 14.2 Å². The predicted molar refractivity (Wildman–Crippen MR) is 74.4 cm³/mol. The highest BCUT2D eigenvalue weighted by molar-refractivity contribution is 7.09. The van der Waals surface area contributed by atoms with Crippen molar-refractivity contribution in [3.05, 3.63) is 50.7 Å². The van der Waals surface area contributed by atoms with Gasteiger partial charge in [-0.2, -0.15) is 0 Å². The number of hydrogen-bond donors (Lipinski definition) is 1. The lowest BCUT2D eigenvalue weighted by Gasteiger charge is -2.02. The Labute approximate surface area is 122 Å². The van der Waals surface area contributed by atoms with E-state index in [9.17, 15) is 9.18 Å². The molecule has 0 atom stereocenters. The molecule has 2 rings (SSSR count). The molecule has 0 aliphatic heterocycles. The summed E-state index contributed by atoms with van der Waals surface area (Å²) in [6, 6.07) is 3.85. The second-order valence-electron chi connectivity index (χ2n) is 3.70. The van der Waals surface area contributed by atoms with Crippen molar-refractivity contribution in [2.75, 3.05) is 0 Å². The first kappa shape index (κ1) is 14.4. The van der Waals surface area contributed by atoms with Crippen LogP contribution in [-0.4, -0.2) is 16.8 Å². The molecule has 1 heterocycles. The molecule has 1 aromatic heterocycles. The minimum absolute atomic E-state index is 0.0618. The average Bonchev–Trinajstić information content (AvgIpc) is 2.82. The number of thiazole rings is 1. The molecule has 104 valence electrons. The van der Waals surface area contributed by atoms with Crippen LogP contribution >= 0.6 is 22.9 Å². The molecule has 0 radical (unpaired) electrons. The molecular weight excluding hydrogens is 305 g/mol. The number of rotatable bonds is 3. The van der Waals surface area contributed by atoms with Gasteiger partial charge < -0.3 is 10.6 Å². The Balaban J connectivity index is 2.16. The third-order valence-corrected chi connectivity index (χ3v) is 3.36. The van der Waals surface area contributed by atoms with E-state index < -0.39 is 11.8 Å². The van der Waals surface area contributed by atoms with Crippen molar-refractivity contribution in [3.63, 3.8) is 0 Å². The molecule has 0 saturated carbocycles. The summed E-state index contributed by atoms with van der Waals surface area (Å²) in [6.07, 6.45) is 0. The number of halogens is 2. The van der Waals surface area contributed by atoms with Gasteiger partial charge in [0.05, 0.1) is 10.0 Å². The Morgan fingerprint density at radius 1 is 1.55 bits per heavy atom. The van der Waals surface area contributed by atoms with Crippen molar-refractivity contribution in [2.45, 2.75) is 6.92 Å². The second kappa shape index (κ2) is 5.98. The quantitative estimate of drug-likeness (QED) is 0.409. The first-order valence-electron chi connectivity index (χ1n) is 5.40. The Hall–Kier alpha value is -1.99. The van der Waals surface area contributed by atoms with Crippen LogP contribution in [0.4, 0.5) is 4.39 Å². The van der Waals surface area contributed by atoms with Gasteiger partial charge in [-0.3, -0.25) is 0 Å². The maximum Gasteiger partial charge on any atom is 0.370 e. The van der Waals surface area contributed by atoms with Gasteiger partial charge >= 0.3 is 5.97 Å². The molecule has 0 saturated heterocycles. The zero-order chi connectivity index (χ0) is 14.7. The third-order valence-electron chi connectivity index (χ3n) is 2.28. The van der Waals surface area contributed by atoms with Crippen LogP contribution in [0, 0.1) is 12.7 Å². The Bertz CT molecular complexity index is 667. The fraction of sp³-hybridized carbons (Fsp3) is 0.0833. The first-order chi connectivity index (χ1) is 9.49. The maximum absolute atomic E-state index is 13.5. The molecule has 20 heavy (non-hydrogen) atoms. The van der Waals surface area contributed by atoms with Gasteiger partial charge in [-0.1, -0.05) is 22.8 Å². The summed E-state index contributed by atoms with van der Waals surface area (Å²) >= 11 is 7.10.